The van der Waals surface area contributed by atoms with Crippen LogP contribution in [0.25, 0.3) is 10.2 Å². The fourth-order valence-corrected chi connectivity index (χ4v) is 3.97. The highest BCUT2D eigenvalue weighted by atomic mass is 32.1. The van der Waals surface area contributed by atoms with Crippen LogP contribution < -0.4 is 11.3 Å². The number of carbonyl (C=O) groups is 2. The van der Waals surface area contributed by atoms with Crippen LogP contribution in [-0.2, 0) is 24.1 Å². The van der Waals surface area contributed by atoms with Gasteiger partial charge >= 0.3 is 12.0 Å². The minimum atomic E-state index is -1.02. The molecule has 2 aromatic rings. The number of fused-ring (bicyclic) bond motifs is 3. The average molecular weight is 307 g/mol. The van der Waals surface area contributed by atoms with Gasteiger partial charge in [-0.3, -0.25) is 9.59 Å². The van der Waals surface area contributed by atoms with E-state index in [1.165, 1.54) is 11.3 Å². The number of carboxylic acids is 1. The van der Waals surface area contributed by atoms with Crippen molar-refractivity contribution in [3.63, 3.8) is 0 Å². The largest absolute Gasteiger partial charge is 0.481 e. The van der Waals surface area contributed by atoms with Crippen molar-refractivity contribution in [3.8, 4) is 0 Å². The van der Waals surface area contributed by atoms with E-state index in [0.717, 1.165) is 34.3 Å². The first kappa shape index (κ1) is 13.7. The molecule has 110 valence electrons. The molecule has 3 N–H and O–H groups in total. The lowest BCUT2D eigenvalue weighted by molar-refractivity contribution is -0.137. The van der Waals surface area contributed by atoms with Crippen molar-refractivity contribution in [2.45, 2.75) is 32.1 Å². The molecule has 0 atom stereocenters. The van der Waals surface area contributed by atoms with Crippen molar-refractivity contribution in [1.29, 1.82) is 0 Å². The lowest BCUT2D eigenvalue weighted by Gasteiger charge is -2.08. The predicted octanol–water partition coefficient (Wildman–Crippen LogP) is 0.891. The summed E-state index contributed by atoms with van der Waals surface area (Å²) in [5.41, 5.74) is 5.75. The van der Waals surface area contributed by atoms with Crippen LogP contribution in [0.15, 0.2) is 4.79 Å². The van der Waals surface area contributed by atoms with Crippen molar-refractivity contribution < 1.29 is 14.7 Å². The Morgan fingerprint density at radius 1 is 1.38 bits per heavy atom. The van der Waals surface area contributed by atoms with Gasteiger partial charge in [0, 0.05) is 11.3 Å². The second kappa shape index (κ2) is 4.96. The standard InChI is InChI=1S/C13H13N3O4S/c14-13(20)16-8(4-5-9(17)18)15-11-10(12(16)19)6-2-1-3-7(6)21-11/h1-5H2,(H2,14,20)(H,17,18). The molecule has 0 fully saturated rings. The van der Waals surface area contributed by atoms with Gasteiger partial charge in [0.1, 0.15) is 10.7 Å². The van der Waals surface area contributed by atoms with E-state index in [0.29, 0.717) is 10.2 Å². The monoisotopic (exact) mass is 307 g/mol. The summed E-state index contributed by atoms with van der Waals surface area (Å²) in [6, 6.07) is -0.923. The number of aromatic nitrogens is 2. The van der Waals surface area contributed by atoms with Crippen LogP contribution in [0.3, 0.4) is 0 Å². The zero-order valence-corrected chi connectivity index (χ0v) is 11.9. The molecule has 0 aromatic carbocycles. The van der Waals surface area contributed by atoms with Crippen molar-refractivity contribution in [3.05, 3.63) is 26.6 Å². The highest BCUT2D eigenvalue weighted by Gasteiger charge is 2.24. The van der Waals surface area contributed by atoms with E-state index < -0.39 is 17.6 Å². The van der Waals surface area contributed by atoms with Gasteiger partial charge in [0.15, 0.2) is 0 Å². The molecule has 0 unspecified atom stereocenters. The van der Waals surface area contributed by atoms with E-state index in [1.54, 1.807) is 0 Å². The molecule has 0 aliphatic heterocycles. The Kier molecular flexibility index (Phi) is 3.25. The minimum Gasteiger partial charge on any atom is -0.481 e. The average Bonchev–Trinajstić information content (AvgIpc) is 2.95. The molecule has 1 amide bonds. The van der Waals surface area contributed by atoms with Gasteiger partial charge in [0.25, 0.3) is 5.56 Å². The molecule has 8 heteroatoms. The van der Waals surface area contributed by atoms with Gasteiger partial charge in [-0.1, -0.05) is 0 Å². The number of nitrogens with two attached hydrogens (primary N) is 1. The first-order chi connectivity index (χ1) is 9.99. The molecule has 2 aromatic heterocycles. The number of primary amides is 1. The smallest absolute Gasteiger partial charge is 0.327 e. The summed E-state index contributed by atoms with van der Waals surface area (Å²) in [6.07, 6.45) is 2.49. The first-order valence-corrected chi connectivity index (χ1v) is 7.38. The van der Waals surface area contributed by atoms with Crippen molar-refractivity contribution in [1.82, 2.24) is 9.55 Å². The predicted molar refractivity (Wildman–Crippen MR) is 76.8 cm³/mol. The highest BCUT2D eigenvalue weighted by molar-refractivity contribution is 7.18. The molecule has 1 aliphatic rings. The Bertz CT molecular complexity index is 821. The maximum absolute atomic E-state index is 12.5. The van der Waals surface area contributed by atoms with Gasteiger partial charge < -0.3 is 10.8 Å². The Balaban J connectivity index is 2.23. The summed E-state index contributed by atoms with van der Waals surface area (Å²) >= 11 is 1.45. The number of amides is 1. The molecule has 0 saturated carbocycles. The summed E-state index contributed by atoms with van der Waals surface area (Å²) < 4.78 is 0.802. The van der Waals surface area contributed by atoms with Crippen molar-refractivity contribution in [2.75, 3.05) is 0 Å². The van der Waals surface area contributed by atoms with Crippen LogP contribution in [0.1, 0.15) is 29.1 Å². The lowest BCUT2D eigenvalue weighted by Crippen LogP contribution is -2.35. The number of rotatable bonds is 3. The van der Waals surface area contributed by atoms with Crippen molar-refractivity contribution >= 4 is 33.6 Å². The summed E-state index contributed by atoms with van der Waals surface area (Å²) in [4.78, 5) is 40.8. The second-order valence-electron chi connectivity index (χ2n) is 4.94. The summed E-state index contributed by atoms with van der Waals surface area (Å²) in [5.74, 6) is -0.906. The number of nitrogens with zero attached hydrogens (tertiary/aromatic N) is 2. The third kappa shape index (κ3) is 2.21. The summed E-state index contributed by atoms with van der Waals surface area (Å²) in [7, 11) is 0. The Morgan fingerprint density at radius 3 is 2.81 bits per heavy atom. The van der Waals surface area contributed by atoms with Crippen LogP contribution in [0.4, 0.5) is 4.79 Å². The molecule has 0 radical (unpaired) electrons. The molecule has 1 aliphatic carbocycles. The van der Waals surface area contributed by atoms with Gasteiger partial charge in [-0.2, -0.15) is 0 Å². The van der Waals surface area contributed by atoms with Gasteiger partial charge in [-0.15, -0.1) is 11.3 Å². The quantitative estimate of drug-likeness (QED) is 0.873. The third-order valence-corrected chi connectivity index (χ3v) is 4.78. The van der Waals surface area contributed by atoms with E-state index in [4.69, 9.17) is 10.8 Å². The zero-order chi connectivity index (χ0) is 15.1. The number of aryl methyl sites for hydroxylation is 3. The molecule has 3 rings (SSSR count). The van der Waals surface area contributed by atoms with Crippen LogP contribution >= 0.6 is 11.3 Å². The molecule has 2 heterocycles. The number of hydrogen-bond donors (Lipinski definition) is 2. The molecule has 21 heavy (non-hydrogen) atoms. The van der Waals surface area contributed by atoms with E-state index >= 15 is 0 Å². The van der Waals surface area contributed by atoms with Gasteiger partial charge in [0.05, 0.1) is 11.8 Å². The highest BCUT2D eigenvalue weighted by Crippen LogP contribution is 2.34. The first-order valence-electron chi connectivity index (χ1n) is 6.57. The summed E-state index contributed by atoms with van der Waals surface area (Å²) in [5, 5.41) is 9.22. The van der Waals surface area contributed by atoms with Gasteiger partial charge in [0.2, 0.25) is 0 Å². The van der Waals surface area contributed by atoms with E-state index in [2.05, 4.69) is 4.98 Å². The number of carboxylic acid groups (broad SMARTS) is 1. The van der Waals surface area contributed by atoms with Crippen LogP contribution in [0.2, 0.25) is 0 Å². The maximum Gasteiger partial charge on any atom is 0.327 e. The van der Waals surface area contributed by atoms with Crippen LogP contribution in [0.5, 0.6) is 0 Å². The molecule has 7 nitrogen and oxygen atoms in total. The van der Waals surface area contributed by atoms with E-state index in [9.17, 15) is 14.4 Å². The number of thiophene rings is 1. The normalized spacial score (nSPS) is 13.5. The van der Waals surface area contributed by atoms with Crippen LogP contribution in [-0.4, -0.2) is 26.7 Å². The molecular weight excluding hydrogens is 294 g/mol. The fraction of sp³-hybridized carbons (Fsp3) is 0.385. The number of hydrogen-bond acceptors (Lipinski definition) is 5. The Labute approximate surface area is 123 Å². The molecule has 0 saturated heterocycles. The number of carbonyl (C=O) groups excluding carboxylic acids is 1. The Morgan fingerprint density at radius 2 is 2.14 bits per heavy atom. The van der Waals surface area contributed by atoms with E-state index in [-0.39, 0.29) is 18.7 Å². The maximum atomic E-state index is 12.5. The Hall–Kier alpha value is -2.22. The minimum absolute atomic E-state index is 0.00792. The molecular formula is C13H13N3O4S. The van der Waals surface area contributed by atoms with Gasteiger partial charge in [-0.25, -0.2) is 14.3 Å². The molecule has 0 bridgehead atoms. The molecule has 0 spiro atoms. The summed E-state index contributed by atoms with van der Waals surface area (Å²) in [6.45, 7) is 0. The SMILES string of the molecule is NC(=O)n1c(CCC(=O)O)nc2sc3c(c2c1=O)CCC3. The lowest BCUT2D eigenvalue weighted by atomic mass is 10.2. The zero-order valence-electron chi connectivity index (χ0n) is 11.1. The van der Waals surface area contributed by atoms with E-state index in [1.807, 2.05) is 0 Å². The topological polar surface area (TPSA) is 115 Å². The van der Waals surface area contributed by atoms with Crippen molar-refractivity contribution in [2.24, 2.45) is 5.73 Å². The van der Waals surface area contributed by atoms with Crippen LogP contribution in [0, 0.1) is 0 Å². The van der Waals surface area contributed by atoms with Gasteiger partial charge in [-0.05, 0) is 24.8 Å². The number of aliphatic carboxylic acids is 1. The third-order valence-electron chi connectivity index (χ3n) is 3.59. The fourth-order valence-electron chi connectivity index (χ4n) is 2.70. The second-order valence-corrected chi connectivity index (χ2v) is 6.02.